The number of aromatic nitrogens is 2. The zero-order chi connectivity index (χ0) is 73.0. The summed E-state index contributed by atoms with van der Waals surface area (Å²) in [6.45, 7) is 46.3. The highest BCUT2D eigenvalue weighted by Crippen LogP contribution is 2.76. The third kappa shape index (κ3) is 8.49. The van der Waals surface area contributed by atoms with E-state index in [1.54, 1.807) is 26.0 Å². The molecule has 8 aliphatic carbocycles. The molecule has 0 spiro atoms. The molecule has 19 atom stereocenters. The third-order valence-corrected chi connectivity index (χ3v) is 30.3. The number of allylic oxidation sites excluding steroid dienone is 4. The van der Waals surface area contributed by atoms with Crippen LogP contribution in [0.4, 0.5) is 0 Å². The van der Waals surface area contributed by atoms with Crippen LogP contribution >= 0.6 is 0 Å². The molecule has 4 aromatic rings. The fraction of sp³-hybridized carbons (Fsp3) is 0.605. The molecule has 538 valence electrons. The van der Waals surface area contributed by atoms with Crippen molar-refractivity contribution in [2.75, 3.05) is 0 Å². The molecular weight excluding hydrogens is 1270 g/mol. The fourth-order valence-corrected chi connectivity index (χ4v) is 26.1. The Morgan fingerprint density at radius 2 is 1.03 bits per heavy atom. The van der Waals surface area contributed by atoms with Crippen molar-refractivity contribution < 1.29 is 64.0 Å². The molecule has 7 heterocycles. The molecule has 5 aliphatic heterocycles. The van der Waals surface area contributed by atoms with E-state index in [1.807, 2.05) is 47.6 Å². The number of carboxylic acid groups (broad SMARTS) is 2. The molecule has 6 N–H and O–H groups in total. The molecule has 0 bridgehead atoms. The smallest absolute Gasteiger partial charge is 0.331 e. The first-order valence-corrected chi connectivity index (χ1v) is 37.5. The first-order valence-electron chi connectivity index (χ1n) is 37.5. The van der Waals surface area contributed by atoms with Crippen LogP contribution in [0.3, 0.4) is 0 Å². The van der Waals surface area contributed by atoms with Crippen molar-refractivity contribution in [3.63, 3.8) is 0 Å². The van der Waals surface area contributed by atoms with Gasteiger partial charge in [0.15, 0.2) is 17.4 Å². The van der Waals surface area contributed by atoms with Crippen LogP contribution in [0.5, 0.6) is 0 Å². The van der Waals surface area contributed by atoms with E-state index in [0.717, 1.165) is 118 Å². The molecule has 2 aromatic heterocycles. The number of rotatable bonds is 7. The lowest BCUT2D eigenvalue weighted by atomic mass is 9.40. The van der Waals surface area contributed by atoms with Crippen molar-refractivity contribution >= 4 is 56.5 Å². The molecule has 101 heavy (non-hydrogen) atoms. The van der Waals surface area contributed by atoms with Gasteiger partial charge in [0.1, 0.15) is 12.1 Å². The summed E-state index contributed by atoms with van der Waals surface area (Å²) in [5.74, 6) is -2.83. The van der Waals surface area contributed by atoms with Crippen LogP contribution in [0.25, 0.3) is 33.0 Å². The normalized spacial score (nSPS) is 40.9. The topological polar surface area (TPSA) is 227 Å². The molecule has 17 rings (SSSR count). The number of aliphatic hydroxyl groups excluding tert-OH is 3. The zero-order valence-electron chi connectivity index (χ0n) is 62.7. The van der Waals surface area contributed by atoms with Crippen molar-refractivity contribution in [1.82, 2.24) is 9.13 Å². The molecule has 15 heteroatoms. The Hall–Kier alpha value is -6.30. The maximum atomic E-state index is 14.9. The van der Waals surface area contributed by atoms with Gasteiger partial charge in [-0.05, 0) is 246 Å². The second-order valence-electron chi connectivity index (χ2n) is 37.5. The van der Waals surface area contributed by atoms with Gasteiger partial charge in [0.25, 0.3) is 0 Å². The summed E-state index contributed by atoms with van der Waals surface area (Å²) >= 11 is 0. The molecule has 5 fully saturated rings. The van der Waals surface area contributed by atoms with Gasteiger partial charge < -0.3 is 54.0 Å². The monoisotopic (exact) mass is 1370 g/mol. The average Bonchev–Trinajstić information content (AvgIpc) is 1.49. The number of ketones is 2. The molecule has 15 nitrogen and oxygen atoms in total. The van der Waals surface area contributed by atoms with E-state index >= 15 is 0 Å². The summed E-state index contributed by atoms with van der Waals surface area (Å²) in [7, 11) is 0. The van der Waals surface area contributed by atoms with Crippen LogP contribution in [0.15, 0.2) is 84.0 Å². The van der Waals surface area contributed by atoms with Crippen LogP contribution < -0.4 is 0 Å². The molecular formula is C86H106N2O13. The highest BCUT2D eigenvalue weighted by Gasteiger charge is 2.74. The van der Waals surface area contributed by atoms with Crippen molar-refractivity contribution in [2.24, 2.45) is 57.2 Å². The van der Waals surface area contributed by atoms with Gasteiger partial charge in [0, 0.05) is 84.4 Å². The van der Waals surface area contributed by atoms with Crippen molar-refractivity contribution in [3.8, 4) is 0 Å². The minimum absolute atomic E-state index is 0.0144. The number of aliphatic carboxylic acids is 2. The Morgan fingerprint density at radius 3 is 1.48 bits per heavy atom. The van der Waals surface area contributed by atoms with Gasteiger partial charge in [-0.1, -0.05) is 84.1 Å². The van der Waals surface area contributed by atoms with Gasteiger partial charge in [0.05, 0.1) is 69.0 Å². The molecule has 0 amide bonds. The number of aliphatic hydroxyl groups is 4. The maximum absolute atomic E-state index is 14.9. The predicted molar refractivity (Wildman–Crippen MR) is 389 cm³/mol. The number of Topliss-reactive ketones (excluding diaryl/α,β-unsaturated/α-hetero) is 2. The van der Waals surface area contributed by atoms with Crippen LogP contribution in [0.1, 0.15) is 272 Å². The van der Waals surface area contributed by atoms with Crippen LogP contribution in [-0.4, -0.2) is 104 Å². The van der Waals surface area contributed by atoms with E-state index in [4.69, 9.17) is 14.2 Å². The Morgan fingerprint density at radius 1 is 0.584 bits per heavy atom. The Balaban J connectivity index is 0.000000157. The minimum Gasteiger partial charge on any atom is -0.478 e. The first kappa shape index (κ1) is 69.1. The second-order valence-corrected chi connectivity index (χ2v) is 37.5. The van der Waals surface area contributed by atoms with Crippen molar-refractivity contribution in [1.29, 1.82) is 0 Å². The minimum atomic E-state index is -1.35. The molecule has 19 unspecified atom stereocenters. The Labute approximate surface area is 594 Å². The number of carboxylic acids is 2. The highest BCUT2D eigenvalue weighted by atomic mass is 16.6. The lowest BCUT2D eigenvalue weighted by molar-refractivity contribution is -0.294. The van der Waals surface area contributed by atoms with E-state index in [-0.39, 0.29) is 68.0 Å². The van der Waals surface area contributed by atoms with Gasteiger partial charge in [-0.2, -0.15) is 0 Å². The van der Waals surface area contributed by atoms with Crippen LogP contribution in [-0.2, 0) is 47.5 Å². The standard InChI is InChI=1S/C43H53NO7.C43H53NO6/c1-20(2)32-35(46)30-29-24(27-19-38(4,5)51-39(6,7)31(27)34(29)45)17-25-26-16-22-11-12-28-40(8,42(22,10)36(26)44(32)33(25)30)13-14-43(49)41(28,9)18-23(50-43)15-21(3)37(47)48;1-21(2)33-36(47)31-30-24(27-20-39(4,5)50-40(6,7)32(27)35(30)46)19-25-26-18-23-13-14-28-41(8,16-11-12-22(3)38(48)49)29(45)15-17-42(28,9)43(23,10)37(26)44(33)34(25)31/h15,17,19,22-23,28,31-32,34,45,49H,1,11-14,16,18H2,2-10H3,(H,47,48);11-12,16,19-20,23,28-29,32-33,35,45-46H,1,13-15,17-18H2,2-10H3,(H,48,49)/b21-15+;16-11+,22-12+. The summed E-state index contributed by atoms with van der Waals surface area (Å²) < 4.78 is 24.1. The predicted octanol–water partition coefficient (Wildman–Crippen LogP) is 15.9. The van der Waals surface area contributed by atoms with E-state index < -0.39 is 87.5 Å². The number of fused-ring (bicyclic) bond motifs is 24. The quantitative estimate of drug-likeness (QED) is 0.0576. The Kier molecular flexibility index (Phi) is 14.4. The number of benzene rings is 2. The molecule has 0 radical (unpaired) electrons. The molecule has 2 aromatic carbocycles. The summed E-state index contributed by atoms with van der Waals surface area (Å²) in [6.07, 6.45) is 17.8. The van der Waals surface area contributed by atoms with E-state index in [1.165, 1.54) is 22.5 Å². The van der Waals surface area contributed by atoms with Gasteiger partial charge in [-0.15, -0.1) is 0 Å². The second kappa shape index (κ2) is 21.0. The molecule has 13 aliphatic rings. The van der Waals surface area contributed by atoms with Gasteiger partial charge in [-0.3, -0.25) is 9.59 Å². The average molecular weight is 1380 g/mol. The van der Waals surface area contributed by atoms with Gasteiger partial charge in [0.2, 0.25) is 0 Å². The number of hydrogen-bond donors (Lipinski definition) is 6. The largest absolute Gasteiger partial charge is 0.478 e. The SMILES string of the molecule is C=C(C)C1C(=O)c2c3c(cc4c5c(n1c24)C1(C)C(CCC2C(C)(/C=C/C=C(\C)C(=O)O)C(O)CCC21C)C5)C1=CC(C)(C)OC(C)(C)C1C3O.C=C(C)C1C(=O)c2c3c(cc4c5c(n1c24)C1(C)C(CCC2C4(C)CC(/C=C(\C)C(=O)O)OC4(O)CCC21C)C5)C1=CC(C)(C)OC(C)(C)C1C3O. The van der Waals surface area contributed by atoms with E-state index in [2.05, 4.69) is 122 Å². The van der Waals surface area contributed by atoms with Gasteiger partial charge in [-0.25, -0.2) is 9.59 Å². The van der Waals surface area contributed by atoms with Crippen molar-refractivity contribution in [3.05, 3.63) is 140 Å². The summed E-state index contributed by atoms with van der Waals surface area (Å²) in [4.78, 5) is 53.0. The zero-order valence-corrected chi connectivity index (χ0v) is 62.7. The lowest BCUT2D eigenvalue weighted by Crippen LogP contribution is -2.65. The number of carbonyl (C=O) groups excluding carboxylic acids is 2. The lowest BCUT2D eigenvalue weighted by Gasteiger charge is -2.65. The van der Waals surface area contributed by atoms with Gasteiger partial charge >= 0.3 is 11.9 Å². The molecule has 4 saturated carbocycles. The number of ether oxygens (including phenoxy) is 3. The fourth-order valence-electron chi connectivity index (χ4n) is 26.1. The van der Waals surface area contributed by atoms with Crippen molar-refractivity contribution in [2.45, 2.75) is 271 Å². The van der Waals surface area contributed by atoms with Crippen LogP contribution in [0, 0.1) is 57.2 Å². The molecule has 1 saturated heterocycles. The van der Waals surface area contributed by atoms with E-state index in [9.17, 15) is 49.8 Å². The maximum Gasteiger partial charge on any atom is 0.331 e. The summed E-state index contributed by atoms with van der Waals surface area (Å²) in [6, 6.07) is 3.48. The third-order valence-electron chi connectivity index (χ3n) is 30.3. The van der Waals surface area contributed by atoms with E-state index in [0.29, 0.717) is 42.2 Å². The number of nitrogens with zero attached hydrogens (tertiary/aromatic N) is 2. The first-order chi connectivity index (χ1) is 46.8. The number of hydrogen-bond acceptors (Lipinski definition) is 11. The highest BCUT2D eigenvalue weighted by molar-refractivity contribution is 6.20. The summed E-state index contributed by atoms with van der Waals surface area (Å²) in [5.41, 5.74) is 11.5. The Bertz CT molecular complexity index is 4690. The van der Waals surface area contributed by atoms with Crippen LogP contribution in [0.2, 0.25) is 0 Å². The number of carbonyl (C=O) groups is 4. The summed E-state index contributed by atoms with van der Waals surface area (Å²) in [5, 5.41) is 69.5.